The van der Waals surface area contributed by atoms with Crippen molar-refractivity contribution in [3.8, 4) is 0 Å². The second kappa shape index (κ2) is 7.83. The van der Waals surface area contributed by atoms with Crippen LogP contribution in [-0.2, 0) is 11.3 Å². The molecule has 3 aromatic rings. The summed E-state index contributed by atoms with van der Waals surface area (Å²) in [6, 6.07) is 8.20. The van der Waals surface area contributed by atoms with Crippen LogP contribution in [-0.4, -0.2) is 31.3 Å². The molecule has 26 heavy (non-hydrogen) atoms. The molecule has 134 valence electrons. The van der Waals surface area contributed by atoms with Crippen molar-refractivity contribution in [1.29, 1.82) is 0 Å². The zero-order chi connectivity index (χ0) is 18.5. The second-order valence-corrected chi connectivity index (χ2v) is 6.31. The number of carbonyl (C=O) groups excluding carboxylic acids is 1. The summed E-state index contributed by atoms with van der Waals surface area (Å²) < 4.78 is 7.06. The van der Waals surface area contributed by atoms with E-state index in [9.17, 15) is 14.9 Å². The van der Waals surface area contributed by atoms with Crippen molar-refractivity contribution in [3.63, 3.8) is 0 Å². The maximum absolute atomic E-state index is 12.2. The minimum atomic E-state index is -0.475. The molecule has 0 unspecified atom stereocenters. The Labute approximate surface area is 152 Å². The Morgan fingerprint density at radius 3 is 2.96 bits per heavy atom. The van der Waals surface area contributed by atoms with E-state index in [0.29, 0.717) is 23.0 Å². The molecule has 2 heterocycles. The van der Waals surface area contributed by atoms with Crippen LogP contribution in [0.5, 0.6) is 0 Å². The summed E-state index contributed by atoms with van der Waals surface area (Å²) >= 11 is 1.22. The van der Waals surface area contributed by atoms with Gasteiger partial charge in [0.1, 0.15) is 12.1 Å². The number of anilines is 1. The minimum absolute atomic E-state index is 0.0337. The maximum atomic E-state index is 12.2. The molecular weight excluding hydrogens is 358 g/mol. The number of nitrogens with zero attached hydrogens (tertiary/aromatic N) is 4. The summed E-state index contributed by atoms with van der Waals surface area (Å²) in [5.74, 6) is 0.563. The fourth-order valence-electron chi connectivity index (χ4n) is 2.31. The monoisotopic (exact) mass is 373 g/mol. The van der Waals surface area contributed by atoms with Crippen LogP contribution in [0.25, 0.3) is 0 Å². The first-order valence-corrected chi connectivity index (χ1v) is 8.60. The lowest BCUT2D eigenvalue weighted by Crippen LogP contribution is -2.15. The van der Waals surface area contributed by atoms with Crippen molar-refractivity contribution >= 4 is 29.0 Å². The summed E-state index contributed by atoms with van der Waals surface area (Å²) in [6.45, 7) is 2.06. The molecule has 9 nitrogen and oxygen atoms in total. The minimum Gasteiger partial charge on any atom is -0.467 e. The van der Waals surface area contributed by atoms with Gasteiger partial charge in [-0.05, 0) is 25.1 Å². The van der Waals surface area contributed by atoms with Gasteiger partial charge in [0.15, 0.2) is 5.16 Å². The van der Waals surface area contributed by atoms with E-state index >= 15 is 0 Å². The van der Waals surface area contributed by atoms with Gasteiger partial charge in [-0.3, -0.25) is 14.9 Å². The highest BCUT2D eigenvalue weighted by molar-refractivity contribution is 7.99. The van der Waals surface area contributed by atoms with Crippen LogP contribution in [0.3, 0.4) is 0 Å². The van der Waals surface area contributed by atoms with Gasteiger partial charge in [-0.15, -0.1) is 10.2 Å². The fraction of sp³-hybridized carbons (Fsp3) is 0.188. The number of carbonyl (C=O) groups is 1. The van der Waals surface area contributed by atoms with Gasteiger partial charge in [0.25, 0.3) is 5.69 Å². The largest absolute Gasteiger partial charge is 0.467 e. The number of hydrogen-bond donors (Lipinski definition) is 1. The molecule has 0 fully saturated rings. The lowest BCUT2D eigenvalue weighted by molar-refractivity contribution is -0.385. The SMILES string of the molecule is Cc1c(NC(=O)CSc2nncn2Cc2ccco2)cccc1[N+](=O)[O-]. The number of thioether (sulfide) groups is 1. The van der Waals surface area contributed by atoms with E-state index in [2.05, 4.69) is 15.5 Å². The van der Waals surface area contributed by atoms with Crippen molar-refractivity contribution in [3.05, 3.63) is 64.4 Å². The van der Waals surface area contributed by atoms with Crippen molar-refractivity contribution in [1.82, 2.24) is 14.8 Å². The highest BCUT2D eigenvalue weighted by atomic mass is 32.2. The van der Waals surface area contributed by atoms with Crippen LogP contribution in [0.4, 0.5) is 11.4 Å². The standard InChI is InChI=1S/C16H15N5O4S/c1-11-13(5-2-6-14(11)21(23)24)18-15(22)9-26-16-19-17-10-20(16)8-12-4-3-7-25-12/h2-7,10H,8-9H2,1H3,(H,18,22). The zero-order valence-electron chi connectivity index (χ0n) is 13.8. The molecule has 0 bridgehead atoms. The third kappa shape index (κ3) is 4.09. The van der Waals surface area contributed by atoms with Gasteiger partial charge >= 0.3 is 0 Å². The summed E-state index contributed by atoms with van der Waals surface area (Å²) in [5.41, 5.74) is 0.798. The normalized spacial score (nSPS) is 10.7. The van der Waals surface area contributed by atoms with Gasteiger partial charge in [-0.2, -0.15) is 0 Å². The van der Waals surface area contributed by atoms with Crippen LogP contribution >= 0.6 is 11.8 Å². The first kappa shape index (κ1) is 17.7. The molecule has 0 spiro atoms. The molecule has 3 rings (SSSR count). The number of rotatable bonds is 7. The van der Waals surface area contributed by atoms with Crippen LogP contribution in [0, 0.1) is 17.0 Å². The van der Waals surface area contributed by atoms with E-state index in [-0.39, 0.29) is 17.3 Å². The molecule has 1 amide bonds. The predicted octanol–water partition coefficient (Wildman–Crippen LogP) is 2.87. The first-order chi connectivity index (χ1) is 12.5. The number of hydrogen-bond acceptors (Lipinski definition) is 7. The average molecular weight is 373 g/mol. The van der Waals surface area contributed by atoms with Crippen LogP contribution < -0.4 is 5.32 Å². The molecular formula is C16H15N5O4S. The fourth-order valence-corrected chi connectivity index (χ4v) is 3.02. The lowest BCUT2D eigenvalue weighted by Gasteiger charge is -2.08. The van der Waals surface area contributed by atoms with E-state index in [4.69, 9.17) is 4.42 Å². The average Bonchev–Trinajstić information content (AvgIpc) is 3.27. The highest BCUT2D eigenvalue weighted by Gasteiger charge is 2.15. The van der Waals surface area contributed by atoms with Gasteiger partial charge in [-0.25, -0.2) is 0 Å². The highest BCUT2D eigenvalue weighted by Crippen LogP contribution is 2.25. The molecule has 2 aromatic heterocycles. The number of nitro benzene ring substituents is 1. The lowest BCUT2D eigenvalue weighted by atomic mass is 10.1. The molecule has 0 atom stereocenters. The van der Waals surface area contributed by atoms with Gasteiger partial charge < -0.3 is 14.3 Å². The number of aromatic nitrogens is 3. The number of furan rings is 1. The molecule has 10 heteroatoms. The van der Waals surface area contributed by atoms with Crippen molar-refractivity contribution in [2.75, 3.05) is 11.1 Å². The second-order valence-electron chi connectivity index (χ2n) is 5.36. The Kier molecular flexibility index (Phi) is 5.32. The molecule has 0 saturated carbocycles. The zero-order valence-corrected chi connectivity index (χ0v) is 14.6. The summed E-state index contributed by atoms with van der Waals surface area (Å²) in [6.07, 6.45) is 3.15. The number of benzene rings is 1. The summed E-state index contributed by atoms with van der Waals surface area (Å²) in [7, 11) is 0. The predicted molar refractivity (Wildman–Crippen MR) is 95.0 cm³/mol. The summed E-state index contributed by atoms with van der Waals surface area (Å²) in [5, 5.41) is 22.1. The molecule has 0 radical (unpaired) electrons. The van der Waals surface area contributed by atoms with Gasteiger partial charge in [0.05, 0.1) is 34.7 Å². The molecule has 0 aliphatic carbocycles. The Morgan fingerprint density at radius 2 is 2.23 bits per heavy atom. The molecule has 0 saturated heterocycles. The Bertz CT molecular complexity index is 923. The number of nitrogens with one attached hydrogen (secondary N) is 1. The number of nitro groups is 1. The van der Waals surface area contributed by atoms with Gasteiger partial charge in [-0.1, -0.05) is 17.8 Å². The van der Waals surface area contributed by atoms with E-state index in [1.54, 1.807) is 36.2 Å². The maximum Gasteiger partial charge on any atom is 0.274 e. The van der Waals surface area contributed by atoms with Crippen molar-refractivity contribution in [2.45, 2.75) is 18.6 Å². The number of amides is 1. The molecule has 0 aliphatic rings. The third-order valence-electron chi connectivity index (χ3n) is 3.59. The first-order valence-electron chi connectivity index (χ1n) is 7.61. The van der Waals surface area contributed by atoms with E-state index < -0.39 is 4.92 Å². The van der Waals surface area contributed by atoms with Gasteiger partial charge in [0, 0.05) is 6.07 Å². The molecule has 1 N–H and O–H groups in total. The van der Waals surface area contributed by atoms with E-state index in [0.717, 1.165) is 5.76 Å². The van der Waals surface area contributed by atoms with Crippen LogP contribution in [0.15, 0.2) is 52.5 Å². The molecule has 1 aromatic carbocycles. The van der Waals surface area contributed by atoms with Crippen molar-refractivity contribution in [2.24, 2.45) is 0 Å². The summed E-state index contributed by atoms with van der Waals surface area (Å²) in [4.78, 5) is 22.7. The Balaban J connectivity index is 1.61. The van der Waals surface area contributed by atoms with Crippen LogP contribution in [0.1, 0.15) is 11.3 Å². The Hall–Kier alpha value is -3.14. The smallest absolute Gasteiger partial charge is 0.274 e. The molecule has 0 aliphatic heterocycles. The quantitative estimate of drug-likeness (QED) is 0.384. The van der Waals surface area contributed by atoms with Crippen molar-refractivity contribution < 1.29 is 14.1 Å². The Morgan fingerprint density at radius 1 is 1.38 bits per heavy atom. The van der Waals surface area contributed by atoms with E-state index in [1.807, 2.05) is 6.07 Å². The van der Waals surface area contributed by atoms with Gasteiger partial charge in [0.2, 0.25) is 5.91 Å². The topological polar surface area (TPSA) is 116 Å². The van der Waals surface area contributed by atoms with E-state index in [1.165, 1.54) is 23.9 Å². The third-order valence-corrected chi connectivity index (χ3v) is 4.58. The van der Waals surface area contributed by atoms with Crippen LogP contribution in [0.2, 0.25) is 0 Å².